The van der Waals surface area contributed by atoms with Crippen molar-refractivity contribution >= 4 is 52.0 Å². The number of carboxylic acids is 1. The smallest absolute Gasteiger partial charge is 0.337 e. The molecular formula is C25H26ClN3O6S. The molecule has 0 amide bonds. The third-order valence-electron chi connectivity index (χ3n) is 5.22. The van der Waals surface area contributed by atoms with Crippen molar-refractivity contribution in [3.8, 4) is 0 Å². The van der Waals surface area contributed by atoms with Crippen molar-refractivity contribution in [1.29, 1.82) is 0 Å². The van der Waals surface area contributed by atoms with Gasteiger partial charge in [0.1, 0.15) is 6.79 Å². The number of carboxylic acid groups (broad SMARTS) is 1. The van der Waals surface area contributed by atoms with E-state index in [1.54, 1.807) is 49.5 Å². The van der Waals surface area contributed by atoms with Crippen LogP contribution in [0.25, 0.3) is 0 Å². The number of hydrogen-bond donors (Lipinski definition) is 3. The summed E-state index contributed by atoms with van der Waals surface area (Å²) in [5.41, 5.74) is 3.84. The van der Waals surface area contributed by atoms with Crippen LogP contribution >= 0.6 is 11.6 Å². The lowest BCUT2D eigenvalue weighted by molar-refractivity contribution is -0.0980. The highest BCUT2D eigenvalue weighted by atomic mass is 35.5. The average Bonchev–Trinajstić information content (AvgIpc) is 3.30. The predicted octanol–water partition coefficient (Wildman–Crippen LogP) is 4.45. The Bertz CT molecular complexity index is 1360. The molecule has 3 aromatic carbocycles. The number of carbonyl (C=O) groups excluding carboxylic acids is 1. The average molecular weight is 532 g/mol. The van der Waals surface area contributed by atoms with Gasteiger partial charge >= 0.3 is 5.97 Å². The second kappa shape index (κ2) is 12.7. The summed E-state index contributed by atoms with van der Waals surface area (Å²) in [4.78, 5) is 19.1. The molecule has 3 aromatic rings. The quantitative estimate of drug-likeness (QED) is 0.251. The minimum atomic E-state index is -3.50. The zero-order chi connectivity index (χ0) is 26.9. The third-order valence-corrected chi connectivity index (χ3v) is 7.27. The Morgan fingerprint density at radius 1 is 1.14 bits per heavy atom. The molecule has 36 heavy (non-hydrogen) atoms. The molecule has 0 aliphatic carbocycles. The molecule has 9 nitrogen and oxygen atoms in total. The first-order valence-corrected chi connectivity index (χ1v) is 12.4. The molecule has 0 saturated carbocycles. The van der Waals surface area contributed by atoms with Crippen LogP contribution in [0.5, 0.6) is 0 Å². The predicted molar refractivity (Wildman–Crippen MR) is 140 cm³/mol. The van der Waals surface area contributed by atoms with Crippen molar-refractivity contribution in [1.82, 2.24) is 0 Å². The SMILES string of the molecule is C=O.CNc1ccc(/C=N/O)cc1C(=O)O.Cc1cccc(S(=O)(=O)N2CCc3cc(Cl)ccc32)c1. The van der Waals surface area contributed by atoms with E-state index in [-0.39, 0.29) is 5.56 Å². The summed E-state index contributed by atoms with van der Waals surface area (Å²) in [7, 11) is -1.86. The van der Waals surface area contributed by atoms with E-state index in [0.29, 0.717) is 34.1 Å². The zero-order valence-corrected chi connectivity index (χ0v) is 21.3. The van der Waals surface area contributed by atoms with Crippen LogP contribution in [0.1, 0.15) is 27.0 Å². The van der Waals surface area contributed by atoms with E-state index in [0.717, 1.165) is 16.8 Å². The number of aromatic carboxylic acids is 1. The van der Waals surface area contributed by atoms with E-state index in [4.69, 9.17) is 26.7 Å². The molecule has 0 spiro atoms. The largest absolute Gasteiger partial charge is 0.478 e. The molecule has 1 aliphatic heterocycles. The highest BCUT2D eigenvalue weighted by Crippen LogP contribution is 2.34. The zero-order valence-electron chi connectivity index (χ0n) is 19.7. The number of oxime groups is 1. The molecular weight excluding hydrogens is 506 g/mol. The van der Waals surface area contributed by atoms with Gasteiger partial charge in [-0.2, -0.15) is 0 Å². The lowest BCUT2D eigenvalue weighted by Gasteiger charge is -2.19. The molecule has 190 valence electrons. The van der Waals surface area contributed by atoms with Crippen LogP contribution in [-0.4, -0.2) is 51.3 Å². The van der Waals surface area contributed by atoms with Gasteiger partial charge in [0.05, 0.1) is 22.4 Å². The number of aryl methyl sites for hydroxylation is 1. The molecule has 0 bridgehead atoms. The van der Waals surface area contributed by atoms with Gasteiger partial charge in [-0.05, 0) is 72.5 Å². The summed E-state index contributed by atoms with van der Waals surface area (Å²) in [6.07, 6.45) is 1.87. The van der Waals surface area contributed by atoms with Gasteiger partial charge in [-0.25, -0.2) is 13.2 Å². The van der Waals surface area contributed by atoms with Gasteiger partial charge in [-0.1, -0.05) is 35.0 Å². The van der Waals surface area contributed by atoms with Gasteiger partial charge in [0.2, 0.25) is 0 Å². The summed E-state index contributed by atoms with van der Waals surface area (Å²) in [5, 5.41) is 23.3. The first-order chi connectivity index (χ1) is 17.2. The molecule has 0 unspecified atom stereocenters. The summed E-state index contributed by atoms with van der Waals surface area (Å²) in [6, 6.07) is 17.0. The fraction of sp³-hybridized carbons (Fsp3) is 0.160. The molecule has 4 rings (SSSR count). The van der Waals surface area contributed by atoms with Crippen molar-refractivity contribution in [2.75, 3.05) is 23.2 Å². The molecule has 3 N–H and O–H groups in total. The highest BCUT2D eigenvalue weighted by Gasteiger charge is 2.30. The molecule has 1 heterocycles. The van der Waals surface area contributed by atoms with Gasteiger partial charge in [-0.3, -0.25) is 4.31 Å². The monoisotopic (exact) mass is 531 g/mol. The lowest BCUT2D eigenvalue weighted by Crippen LogP contribution is -2.29. The Balaban J connectivity index is 0.000000252. The number of rotatable bonds is 5. The Kier molecular flexibility index (Phi) is 10.0. The van der Waals surface area contributed by atoms with Crippen molar-refractivity contribution in [3.05, 3.63) is 87.9 Å². The van der Waals surface area contributed by atoms with Gasteiger partial charge in [0, 0.05) is 24.3 Å². The topological polar surface area (TPSA) is 136 Å². The second-order valence-corrected chi connectivity index (χ2v) is 9.82. The number of sulfonamides is 1. The van der Waals surface area contributed by atoms with Gasteiger partial charge in [0.15, 0.2) is 0 Å². The van der Waals surface area contributed by atoms with Crippen LogP contribution in [0.4, 0.5) is 11.4 Å². The maximum atomic E-state index is 12.7. The van der Waals surface area contributed by atoms with Crippen molar-refractivity contribution in [2.24, 2.45) is 5.16 Å². The summed E-state index contributed by atoms with van der Waals surface area (Å²) in [6.45, 7) is 4.35. The number of halogens is 1. The molecule has 11 heteroatoms. The van der Waals surface area contributed by atoms with Crippen LogP contribution in [0, 0.1) is 6.92 Å². The van der Waals surface area contributed by atoms with Crippen molar-refractivity contribution in [3.63, 3.8) is 0 Å². The fourth-order valence-electron chi connectivity index (χ4n) is 3.60. The van der Waals surface area contributed by atoms with Crippen LogP contribution < -0.4 is 9.62 Å². The van der Waals surface area contributed by atoms with Crippen molar-refractivity contribution < 1.29 is 28.3 Å². The van der Waals surface area contributed by atoms with Crippen molar-refractivity contribution in [2.45, 2.75) is 18.2 Å². The number of benzene rings is 3. The van der Waals surface area contributed by atoms with E-state index >= 15 is 0 Å². The number of hydrogen-bond acceptors (Lipinski definition) is 7. The Hall–Kier alpha value is -3.89. The van der Waals surface area contributed by atoms with Crippen LogP contribution in [0.15, 0.2) is 70.7 Å². The molecule has 0 atom stereocenters. The first kappa shape index (κ1) is 28.3. The minimum Gasteiger partial charge on any atom is -0.478 e. The van der Waals surface area contributed by atoms with E-state index in [9.17, 15) is 13.2 Å². The van der Waals surface area contributed by atoms with Crippen LogP contribution in [-0.2, 0) is 21.2 Å². The van der Waals surface area contributed by atoms with E-state index in [1.165, 1.54) is 16.6 Å². The Morgan fingerprint density at radius 3 is 2.47 bits per heavy atom. The number of fused-ring (bicyclic) bond motifs is 1. The fourth-order valence-corrected chi connectivity index (χ4v) is 5.40. The Labute approximate surface area is 214 Å². The normalized spacial score (nSPS) is 12.1. The van der Waals surface area contributed by atoms with E-state index in [2.05, 4.69) is 10.5 Å². The first-order valence-electron chi connectivity index (χ1n) is 10.6. The molecule has 0 aromatic heterocycles. The minimum absolute atomic E-state index is 0.143. The highest BCUT2D eigenvalue weighted by molar-refractivity contribution is 7.92. The Morgan fingerprint density at radius 2 is 1.86 bits per heavy atom. The number of carbonyl (C=O) groups is 2. The molecule has 0 radical (unpaired) electrons. The van der Waals surface area contributed by atoms with E-state index < -0.39 is 16.0 Å². The van der Waals surface area contributed by atoms with Gasteiger partial charge in [0.25, 0.3) is 10.0 Å². The summed E-state index contributed by atoms with van der Waals surface area (Å²) in [5.74, 6) is -1.03. The number of nitrogens with one attached hydrogen (secondary N) is 1. The number of nitrogens with zero attached hydrogens (tertiary/aromatic N) is 2. The van der Waals surface area contributed by atoms with E-state index in [1.807, 2.05) is 25.8 Å². The molecule has 0 fully saturated rings. The maximum absolute atomic E-state index is 12.7. The molecule has 0 saturated heterocycles. The third kappa shape index (κ3) is 6.61. The summed E-state index contributed by atoms with van der Waals surface area (Å²) < 4.78 is 26.9. The summed E-state index contributed by atoms with van der Waals surface area (Å²) >= 11 is 5.96. The lowest BCUT2D eigenvalue weighted by atomic mass is 10.1. The maximum Gasteiger partial charge on any atom is 0.337 e. The van der Waals surface area contributed by atoms with Gasteiger partial charge in [-0.15, -0.1) is 0 Å². The molecule has 1 aliphatic rings. The second-order valence-electron chi connectivity index (χ2n) is 7.52. The standard InChI is InChI=1S/C15H14ClNO2S.C9H10N2O3.CH2O/c1-11-3-2-4-14(9-11)20(18,19)17-8-7-12-10-13(16)5-6-15(12)17;1-10-8-3-2-6(5-11-14)4-7(8)9(12)13;1-2/h2-6,9-10H,7-8H2,1H3;2-5,10,14H,1H3,(H,12,13);1H2/b;11-5+;. The number of anilines is 2. The van der Waals surface area contributed by atoms with Gasteiger partial charge < -0.3 is 20.4 Å². The van der Waals surface area contributed by atoms with Crippen LogP contribution in [0.2, 0.25) is 5.02 Å². The van der Waals surface area contributed by atoms with Crippen LogP contribution in [0.3, 0.4) is 0 Å².